The van der Waals surface area contributed by atoms with E-state index in [0.29, 0.717) is 0 Å². The molecule has 0 radical (unpaired) electrons. The summed E-state index contributed by atoms with van der Waals surface area (Å²) < 4.78 is 1.15. The van der Waals surface area contributed by atoms with E-state index in [1.54, 1.807) is 11.3 Å². The number of thiophene rings is 1. The van der Waals surface area contributed by atoms with Crippen LogP contribution in [0.25, 0.3) is 0 Å². The van der Waals surface area contributed by atoms with Gasteiger partial charge in [0.15, 0.2) is 0 Å². The summed E-state index contributed by atoms with van der Waals surface area (Å²) in [4.78, 5) is 1.28. The van der Waals surface area contributed by atoms with Crippen LogP contribution in [0.3, 0.4) is 0 Å². The minimum Gasteiger partial charge on any atom is -0.379 e. The molecule has 0 atom stereocenters. The fourth-order valence-corrected chi connectivity index (χ4v) is 3.20. The molecule has 0 aliphatic rings. The van der Waals surface area contributed by atoms with Gasteiger partial charge in [0.25, 0.3) is 0 Å². The summed E-state index contributed by atoms with van der Waals surface area (Å²) in [5, 5.41) is 6.21. The predicted molar refractivity (Wildman–Crippen MR) is 75.5 cm³/mol. The number of benzene rings is 1. The lowest BCUT2D eigenvalue weighted by atomic mass is 10.2. The highest BCUT2D eigenvalue weighted by atomic mass is 79.9. The summed E-state index contributed by atoms with van der Waals surface area (Å²) in [7, 11) is 0. The Bertz CT molecular complexity index is 475. The van der Waals surface area contributed by atoms with Gasteiger partial charge in [-0.15, -0.1) is 11.3 Å². The van der Waals surface area contributed by atoms with Crippen molar-refractivity contribution in [3.05, 3.63) is 49.6 Å². The van der Waals surface area contributed by atoms with Crippen molar-refractivity contribution in [3.8, 4) is 0 Å². The summed E-state index contributed by atoms with van der Waals surface area (Å²) in [5.74, 6) is 0. The Hall–Kier alpha value is -0.510. The first-order valence-corrected chi connectivity index (χ1v) is 6.94. The third-order valence-electron chi connectivity index (χ3n) is 2.34. The van der Waals surface area contributed by atoms with Crippen LogP contribution in [0.2, 0.25) is 5.02 Å². The molecule has 84 valence electrons. The normalized spacial score (nSPS) is 10.4. The Morgan fingerprint density at radius 3 is 2.81 bits per heavy atom. The zero-order valence-electron chi connectivity index (χ0n) is 8.76. The minimum atomic E-state index is 0.771. The molecular weight excluding hydrogens is 306 g/mol. The molecule has 0 unspecified atom stereocenters. The standard InChI is InChI=1S/C12H11BrClNS/c1-8-3-2-4-10(14)12(8)15-7-11-9(13)5-6-16-11/h2-6,15H,7H2,1H3. The maximum absolute atomic E-state index is 6.14. The molecule has 1 N–H and O–H groups in total. The molecule has 2 aromatic rings. The van der Waals surface area contributed by atoms with E-state index in [-0.39, 0.29) is 0 Å². The molecular formula is C12H11BrClNS. The monoisotopic (exact) mass is 315 g/mol. The third kappa shape index (κ3) is 2.59. The van der Waals surface area contributed by atoms with Crippen molar-refractivity contribution in [2.45, 2.75) is 13.5 Å². The van der Waals surface area contributed by atoms with Gasteiger partial charge in [-0.25, -0.2) is 0 Å². The largest absolute Gasteiger partial charge is 0.379 e. The second-order valence-electron chi connectivity index (χ2n) is 3.48. The average Bonchev–Trinajstić information content (AvgIpc) is 2.64. The van der Waals surface area contributed by atoms with E-state index in [1.807, 2.05) is 12.1 Å². The van der Waals surface area contributed by atoms with E-state index in [0.717, 1.165) is 21.7 Å². The number of hydrogen-bond acceptors (Lipinski definition) is 2. The zero-order valence-corrected chi connectivity index (χ0v) is 11.9. The van der Waals surface area contributed by atoms with Crippen molar-refractivity contribution >= 4 is 44.6 Å². The molecule has 0 aliphatic carbocycles. The number of nitrogens with one attached hydrogen (secondary N) is 1. The highest BCUT2D eigenvalue weighted by Gasteiger charge is 2.05. The Labute approximate surface area is 113 Å². The van der Waals surface area contributed by atoms with E-state index >= 15 is 0 Å². The van der Waals surface area contributed by atoms with Gasteiger partial charge in [-0.2, -0.15) is 0 Å². The number of anilines is 1. The molecule has 0 spiro atoms. The van der Waals surface area contributed by atoms with Crippen LogP contribution in [0, 0.1) is 6.92 Å². The highest BCUT2D eigenvalue weighted by Crippen LogP contribution is 2.28. The van der Waals surface area contributed by atoms with Crippen LogP contribution < -0.4 is 5.32 Å². The summed E-state index contributed by atoms with van der Waals surface area (Å²) in [6.45, 7) is 2.85. The van der Waals surface area contributed by atoms with Crippen LogP contribution in [-0.2, 0) is 6.54 Å². The molecule has 0 saturated heterocycles. The van der Waals surface area contributed by atoms with E-state index in [9.17, 15) is 0 Å². The van der Waals surface area contributed by atoms with E-state index in [2.05, 4.69) is 45.7 Å². The van der Waals surface area contributed by atoms with Gasteiger partial charge in [0.05, 0.1) is 17.3 Å². The van der Waals surface area contributed by atoms with Gasteiger partial charge in [0.1, 0.15) is 0 Å². The second kappa shape index (κ2) is 5.21. The fraction of sp³-hybridized carbons (Fsp3) is 0.167. The molecule has 1 nitrogen and oxygen atoms in total. The molecule has 16 heavy (non-hydrogen) atoms. The second-order valence-corrected chi connectivity index (χ2v) is 5.74. The van der Waals surface area contributed by atoms with Crippen molar-refractivity contribution in [2.75, 3.05) is 5.32 Å². The summed E-state index contributed by atoms with van der Waals surface area (Å²) in [6, 6.07) is 7.98. The van der Waals surface area contributed by atoms with Gasteiger partial charge in [-0.05, 0) is 45.9 Å². The number of para-hydroxylation sites is 1. The maximum atomic E-state index is 6.14. The lowest BCUT2D eigenvalue weighted by molar-refractivity contribution is 1.17. The summed E-state index contributed by atoms with van der Waals surface area (Å²) >= 11 is 11.4. The molecule has 1 heterocycles. The molecule has 0 aliphatic heterocycles. The predicted octanol–water partition coefficient (Wildman–Crippen LogP) is 5.08. The van der Waals surface area contributed by atoms with Crippen LogP contribution >= 0.6 is 38.9 Å². The molecule has 2 rings (SSSR count). The fourth-order valence-electron chi connectivity index (χ4n) is 1.48. The van der Waals surface area contributed by atoms with E-state index in [4.69, 9.17) is 11.6 Å². The van der Waals surface area contributed by atoms with Crippen LogP contribution in [0.5, 0.6) is 0 Å². The number of hydrogen-bond donors (Lipinski definition) is 1. The van der Waals surface area contributed by atoms with E-state index < -0.39 is 0 Å². The number of rotatable bonds is 3. The van der Waals surface area contributed by atoms with Crippen molar-refractivity contribution in [1.29, 1.82) is 0 Å². The summed E-state index contributed by atoms with van der Waals surface area (Å²) in [6.07, 6.45) is 0. The quantitative estimate of drug-likeness (QED) is 0.832. The van der Waals surface area contributed by atoms with Crippen molar-refractivity contribution in [3.63, 3.8) is 0 Å². The van der Waals surface area contributed by atoms with Crippen molar-refractivity contribution in [2.24, 2.45) is 0 Å². The van der Waals surface area contributed by atoms with Crippen LogP contribution in [0.15, 0.2) is 34.1 Å². The summed E-state index contributed by atoms with van der Waals surface area (Å²) in [5.41, 5.74) is 2.18. The SMILES string of the molecule is Cc1cccc(Cl)c1NCc1sccc1Br. The Morgan fingerprint density at radius 2 is 2.19 bits per heavy atom. The zero-order chi connectivity index (χ0) is 11.5. The van der Waals surface area contributed by atoms with Gasteiger partial charge >= 0.3 is 0 Å². The molecule has 1 aromatic heterocycles. The van der Waals surface area contributed by atoms with Crippen molar-refractivity contribution < 1.29 is 0 Å². The van der Waals surface area contributed by atoms with Crippen LogP contribution in [0.1, 0.15) is 10.4 Å². The maximum Gasteiger partial charge on any atom is 0.0640 e. The smallest absolute Gasteiger partial charge is 0.0640 e. The number of halogens is 2. The molecule has 0 bridgehead atoms. The molecule has 0 fully saturated rings. The minimum absolute atomic E-state index is 0.771. The highest BCUT2D eigenvalue weighted by molar-refractivity contribution is 9.10. The van der Waals surface area contributed by atoms with Crippen molar-refractivity contribution in [1.82, 2.24) is 0 Å². The first-order valence-electron chi connectivity index (χ1n) is 4.89. The van der Waals surface area contributed by atoms with Gasteiger partial charge < -0.3 is 5.32 Å². The van der Waals surface area contributed by atoms with Gasteiger partial charge in [-0.1, -0.05) is 23.7 Å². The molecule has 0 saturated carbocycles. The topological polar surface area (TPSA) is 12.0 Å². The van der Waals surface area contributed by atoms with Gasteiger partial charge in [-0.3, -0.25) is 0 Å². The van der Waals surface area contributed by atoms with Crippen LogP contribution in [-0.4, -0.2) is 0 Å². The molecule has 0 amide bonds. The van der Waals surface area contributed by atoms with E-state index in [1.165, 1.54) is 10.4 Å². The third-order valence-corrected chi connectivity index (χ3v) is 4.58. The molecule has 1 aromatic carbocycles. The first kappa shape index (κ1) is 12.0. The lowest BCUT2D eigenvalue weighted by Crippen LogP contribution is -2.00. The van der Waals surface area contributed by atoms with Crippen LogP contribution in [0.4, 0.5) is 5.69 Å². The first-order chi connectivity index (χ1) is 7.68. The Kier molecular flexibility index (Phi) is 3.90. The number of aryl methyl sites for hydroxylation is 1. The van der Waals surface area contributed by atoms with Gasteiger partial charge in [0, 0.05) is 9.35 Å². The molecule has 4 heteroatoms. The van der Waals surface area contributed by atoms with Gasteiger partial charge in [0.2, 0.25) is 0 Å². The Balaban J connectivity index is 2.14. The Morgan fingerprint density at radius 1 is 1.38 bits per heavy atom. The average molecular weight is 317 g/mol. The lowest BCUT2D eigenvalue weighted by Gasteiger charge is -2.10.